The number of amides is 1. The molecule has 13 heavy (non-hydrogen) atoms. The van der Waals surface area contributed by atoms with Crippen molar-refractivity contribution >= 4 is 11.9 Å². The van der Waals surface area contributed by atoms with Crippen LogP contribution in [0, 0.1) is 16.9 Å². The molecule has 1 rings (SSSR count). The zero-order chi connectivity index (χ0) is 9.68. The Morgan fingerprint density at radius 1 is 1.85 bits per heavy atom. The molecular weight excluding hydrogens is 172 g/mol. The van der Waals surface area contributed by atoms with Gasteiger partial charge in [0.1, 0.15) is 12.4 Å². The number of amidine groups is 1. The maximum absolute atomic E-state index is 10.9. The highest BCUT2D eigenvalue weighted by molar-refractivity contribution is 5.81. The van der Waals surface area contributed by atoms with Crippen LogP contribution in [-0.4, -0.2) is 36.5 Å². The number of hydrogen-bond donors (Lipinski definition) is 2. The van der Waals surface area contributed by atoms with Crippen molar-refractivity contribution in [3.63, 3.8) is 0 Å². The van der Waals surface area contributed by atoms with E-state index in [1.807, 2.05) is 0 Å². The van der Waals surface area contributed by atoms with Crippen molar-refractivity contribution < 1.29 is 9.53 Å². The molecule has 1 saturated heterocycles. The third kappa shape index (κ3) is 2.63. The highest BCUT2D eigenvalue weighted by Gasteiger charge is 2.21. The molecular formula is C7H10N4O2. The van der Waals surface area contributed by atoms with E-state index in [1.165, 1.54) is 4.90 Å². The second-order valence-electron chi connectivity index (χ2n) is 2.57. The fraction of sp³-hybridized carbons (Fsp3) is 0.571. The number of carbonyl (C=O) groups is 1. The van der Waals surface area contributed by atoms with Gasteiger partial charge in [0.05, 0.1) is 6.54 Å². The van der Waals surface area contributed by atoms with Crippen LogP contribution in [-0.2, 0) is 4.74 Å². The number of nitrogens with one attached hydrogen (secondary N) is 2. The zero-order valence-electron chi connectivity index (χ0n) is 7.04. The number of nitrogens with zero attached hydrogens (tertiary/aromatic N) is 2. The van der Waals surface area contributed by atoms with Crippen molar-refractivity contribution in [1.82, 2.24) is 10.2 Å². The molecule has 1 fully saturated rings. The molecule has 0 unspecified atom stereocenters. The van der Waals surface area contributed by atoms with E-state index in [2.05, 4.69) is 10.1 Å². The van der Waals surface area contributed by atoms with E-state index in [-0.39, 0.29) is 11.9 Å². The molecule has 1 amide bonds. The fourth-order valence-electron chi connectivity index (χ4n) is 1.01. The molecule has 70 valence electrons. The molecule has 0 bridgehead atoms. The SMILES string of the molecule is N#CNC(=N)CCN1CCOC1=O. The molecule has 1 aliphatic rings. The van der Waals surface area contributed by atoms with Crippen LogP contribution < -0.4 is 5.32 Å². The van der Waals surface area contributed by atoms with Crippen LogP contribution in [0.25, 0.3) is 0 Å². The van der Waals surface area contributed by atoms with E-state index in [0.29, 0.717) is 26.1 Å². The molecule has 6 heteroatoms. The van der Waals surface area contributed by atoms with Gasteiger partial charge in [0.25, 0.3) is 0 Å². The summed E-state index contributed by atoms with van der Waals surface area (Å²) >= 11 is 0. The molecule has 0 radical (unpaired) electrons. The Hall–Kier alpha value is -1.77. The Labute approximate surface area is 75.6 Å². The lowest BCUT2D eigenvalue weighted by atomic mass is 10.3. The van der Waals surface area contributed by atoms with Crippen LogP contribution in [0.1, 0.15) is 6.42 Å². The minimum Gasteiger partial charge on any atom is -0.448 e. The molecule has 0 aliphatic carbocycles. The van der Waals surface area contributed by atoms with Crippen molar-refractivity contribution in [3.8, 4) is 6.19 Å². The van der Waals surface area contributed by atoms with Gasteiger partial charge in [0.2, 0.25) is 0 Å². The second-order valence-corrected chi connectivity index (χ2v) is 2.57. The summed E-state index contributed by atoms with van der Waals surface area (Å²) in [7, 11) is 0. The molecule has 2 N–H and O–H groups in total. The van der Waals surface area contributed by atoms with Crippen molar-refractivity contribution in [1.29, 1.82) is 10.7 Å². The summed E-state index contributed by atoms with van der Waals surface area (Å²) in [5.74, 6) is 0.113. The Morgan fingerprint density at radius 2 is 2.62 bits per heavy atom. The predicted molar refractivity (Wildman–Crippen MR) is 44.0 cm³/mol. The first-order valence-electron chi connectivity index (χ1n) is 3.88. The number of cyclic esters (lactones) is 1. The molecule has 0 aromatic carbocycles. The minimum atomic E-state index is -0.343. The number of nitriles is 1. The smallest absolute Gasteiger partial charge is 0.409 e. The molecule has 0 aromatic rings. The van der Waals surface area contributed by atoms with E-state index in [4.69, 9.17) is 10.7 Å². The van der Waals surface area contributed by atoms with Gasteiger partial charge < -0.3 is 9.64 Å². The summed E-state index contributed by atoms with van der Waals surface area (Å²) in [6, 6.07) is 0. The highest BCUT2D eigenvalue weighted by atomic mass is 16.6. The van der Waals surface area contributed by atoms with Gasteiger partial charge in [-0.2, -0.15) is 5.26 Å². The minimum absolute atomic E-state index is 0.113. The van der Waals surface area contributed by atoms with Crippen LogP contribution in [0.2, 0.25) is 0 Å². The maximum atomic E-state index is 10.9. The van der Waals surface area contributed by atoms with Gasteiger partial charge in [0, 0.05) is 13.0 Å². The zero-order valence-corrected chi connectivity index (χ0v) is 7.04. The summed E-state index contributed by atoms with van der Waals surface area (Å²) < 4.78 is 4.69. The average Bonchev–Trinajstić information content (AvgIpc) is 2.48. The van der Waals surface area contributed by atoms with Crippen LogP contribution in [0.15, 0.2) is 0 Å². The third-order valence-electron chi connectivity index (χ3n) is 1.68. The lowest BCUT2D eigenvalue weighted by molar-refractivity contribution is 0.159. The first-order chi connectivity index (χ1) is 6.24. The van der Waals surface area contributed by atoms with Crippen molar-refractivity contribution in [2.24, 2.45) is 0 Å². The summed E-state index contributed by atoms with van der Waals surface area (Å²) in [6.07, 6.45) is 1.65. The second kappa shape index (κ2) is 4.30. The number of rotatable bonds is 3. The van der Waals surface area contributed by atoms with Gasteiger partial charge in [-0.15, -0.1) is 0 Å². The number of hydrogen-bond acceptors (Lipinski definition) is 4. The van der Waals surface area contributed by atoms with Crippen LogP contribution in [0.4, 0.5) is 4.79 Å². The summed E-state index contributed by atoms with van der Waals surface area (Å²) in [4.78, 5) is 12.4. The number of carbonyl (C=O) groups excluding carboxylic acids is 1. The van der Waals surface area contributed by atoms with Crippen LogP contribution >= 0.6 is 0 Å². The Balaban J connectivity index is 2.23. The Bertz CT molecular complexity index is 258. The molecule has 0 saturated carbocycles. The lowest BCUT2D eigenvalue weighted by Crippen LogP contribution is -2.29. The summed E-state index contributed by atoms with van der Waals surface area (Å²) in [5.41, 5.74) is 0. The standard InChI is InChI=1S/C7H10N4O2/c8-5-10-6(9)1-2-11-3-4-13-7(11)12/h1-4H2,(H2,9,10). The van der Waals surface area contributed by atoms with Gasteiger partial charge >= 0.3 is 6.09 Å². The third-order valence-corrected chi connectivity index (χ3v) is 1.68. The van der Waals surface area contributed by atoms with E-state index >= 15 is 0 Å². The maximum Gasteiger partial charge on any atom is 0.409 e. The van der Waals surface area contributed by atoms with Crippen molar-refractivity contribution in [2.75, 3.05) is 19.7 Å². The predicted octanol–water partition coefficient (Wildman–Crippen LogP) is -0.123. The normalized spacial score (nSPS) is 15.0. The summed E-state index contributed by atoms with van der Waals surface area (Å²) in [6.45, 7) is 1.41. The van der Waals surface area contributed by atoms with Crippen molar-refractivity contribution in [3.05, 3.63) is 0 Å². The van der Waals surface area contributed by atoms with E-state index in [1.54, 1.807) is 6.19 Å². The molecule has 0 atom stereocenters. The van der Waals surface area contributed by atoms with Gasteiger partial charge in [-0.25, -0.2) is 4.79 Å². The highest BCUT2D eigenvalue weighted by Crippen LogP contribution is 2.03. The lowest BCUT2D eigenvalue weighted by Gasteiger charge is -2.11. The molecule has 1 aliphatic heterocycles. The molecule has 1 heterocycles. The van der Waals surface area contributed by atoms with Gasteiger partial charge in [-0.1, -0.05) is 0 Å². The van der Waals surface area contributed by atoms with E-state index < -0.39 is 0 Å². The van der Waals surface area contributed by atoms with Gasteiger partial charge in [-0.3, -0.25) is 10.7 Å². The van der Waals surface area contributed by atoms with E-state index in [9.17, 15) is 4.79 Å². The Kier molecular flexibility index (Phi) is 3.09. The average molecular weight is 182 g/mol. The number of ether oxygens (including phenoxy) is 1. The Morgan fingerprint density at radius 3 is 3.15 bits per heavy atom. The van der Waals surface area contributed by atoms with Crippen LogP contribution in [0.5, 0.6) is 0 Å². The fourth-order valence-corrected chi connectivity index (χ4v) is 1.01. The van der Waals surface area contributed by atoms with E-state index in [0.717, 1.165) is 0 Å². The monoisotopic (exact) mass is 182 g/mol. The largest absolute Gasteiger partial charge is 0.448 e. The topological polar surface area (TPSA) is 89.2 Å². The van der Waals surface area contributed by atoms with Crippen LogP contribution in [0.3, 0.4) is 0 Å². The molecule has 6 nitrogen and oxygen atoms in total. The van der Waals surface area contributed by atoms with Gasteiger partial charge in [-0.05, 0) is 0 Å². The van der Waals surface area contributed by atoms with Gasteiger partial charge in [0.15, 0.2) is 6.19 Å². The first-order valence-corrected chi connectivity index (χ1v) is 3.88. The molecule has 0 aromatic heterocycles. The van der Waals surface area contributed by atoms with Crippen molar-refractivity contribution in [2.45, 2.75) is 6.42 Å². The first kappa shape index (κ1) is 9.32. The molecule has 0 spiro atoms. The summed E-state index contributed by atoms with van der Waals surface area (Å²) in [5, 5.41) is 17.6. The quantitative estimate of drug-likeness (QED) is 0.275.